The van der Waals surface area contributed by atoms with Gasteiger partial charge in [0.2, 0.25) is 0 Å². The van der Waals surface area contributed by atoms with Gasteiger partial charge in [0.05, 0.1) is 11.3 Å². The quantitative estimate of drug-likeness (QED) is 0.233. The highest BCUT2D eigenvalue weighted by Gasteiger charge is 2.34. The molecule has 4 heterocycles. The maximum Gasteiger partial charge on any atom is 0.178 e. The summed E-state index contributed by atoms with van der Waals surface area (Å²) in [6, 6.07) is 23.3. The molecule has 1 aliphatic heterocycles. The molecule has 0 atom stereocenters. The normalized spacial score (nSPS) is 14.9. The number of fused-ring (bicyclic) bond motifs is 1. The number of aliphatic hydroxyl groups is 1. The zero-order valence-electron chi connectivity index (χ0n) is 23.0. The van der Waals surface area contributed by atoms with Crippen LogP contribution in [0.3, 0.4) is 0 Å². The van der Waals surface area contributed by atoms with Crippen LogP contribution in [0.15, 0.2) is 85.2 Å². The molecule has 8 heteroatoms. The number of carbonyl (C=O) groups is 1. The van der Waals surface area contributed by atoms with E-state index in [0.717, 1.165) is 39.5 Å². The number of aromatic nitrogens is 4. The SMILES string of the molecule is Cc1ccc(CCC(=O)c2ccc(Cc3nc4c(N5CCC(O)(c6ccc(Cl)cc6)CC5)cccn4n3)cc2)cn1. The van der Waals surface area contributed by atoms with E-state index in [1.807, 2.05) is 90.6 Å². The Kier molecular flexibility index (Phi) is 7.56. The van der Waals surface area contributed by atoms with Crippen LogP contribution in [0.25, 0.3) is 5.65 Å². The van der Waals surface area contributed by atoms with Gasteiger partial charge in [-0.15, -0.1) is 0 Å². The largest absolute Gasteiger partial charge is 0.385 e. The van der Waals surface area contributed by atoms with Gasteiger partial charge < -0.3 is 10.0 Å². The van der Waals surface area contributed by atoms with Crippen molar-refractivity contribution < 1.29 is 9.90 Å². The van der Waals surface area contributed by atoms with Crippen molar-refractivity contribution >= 4 is 28.7 Å². The number of anilines is 1. The standard InChI is InChI=1S/C33H32ClN5O2/c1-23-4-5-25(22-35-23)8-15-30(40)26-9-6-24(7-10-26)21-31-36-32-29(3-2-18-39(32)37-31)38-19-16-33(41,17-20-38)27-11-13-28(34)14-12-27/h2-7,9-14,18,22,41H,8,15-17,19-21H2,1H3. The topological polar surface area (TPSA) is 83.6 Å². The fourth-order valence-corrected chi connectivity index (χ4v) is 5.59. The van der Waals surface area contributed by atoms with Gasteiger partial charge in [-0.2, -0.15) is 5.10 Å². The third kappa shape index (κ3) is 6.01. The van der Waals surface area contributed by atoms with E-state index in [1.165, 1.54) is 0 Å². The Balaban J connectivity index is 1.10. The molecule has 6 rings (SSSR count). The fourth-order valence-electron chi connectivity index (χ4n) is 5.46. The first-order valence-electron chi connectivity index (χ1n) is 14.0. The molecule has 5 aromatic rings. The lowest BCUT2D eigenvalue weighted by Crippen LogP contribution is -2.42. The van der Waals surface area contributed by atoms with Crippen LogP contribution in [0.2, 0.25) is 5.02 Å². The Morgan fingerprint density at radius 1 is 0.976 bits per heavy atom. The van der Waals surface area contributed by atoms with Crippen molar-refractivity contribution in [2.45, 2.75) is 44.6 Å². The molecule has 1 aliphatic rings. The van der Waals surface area contributed by atoms with Gasteiger partial charge in [0.25, 0.3) is 0 Å². The summed E-state index contributed by atoms with van der Waals surface area (Å²) in [5.41, 5.74) is 5.65. The van der Waals surface area contributed by atoms with Crippen molar-refractivity contribution in [3.63, 3.8) is 0 Å². The Morgan fingerprint density at radius 3 is 2.41 bits per heavy atom. The highest BCUT2D eigenvalue weighted by atomic mass is 35.5. The van der Waals surface area contributed by atoms with Crippen LogP contribution in [-0.2, 0) is 18.4 Å². The van der Waals surface area contributed by atoms with Crippen molar-refractivity contribution in [3.8, 4) is 0 Å². The molecule has 0 saturated carbocycles. The first-order valence-corrected chi connectivity index (χ1v) is 14.4. The smallest absolute Gasteiger partial charge is 0.178 e. The summed E-state index contributed by atoms with van der Waals surface area (Å²) in [4.78, 5) is 24.2. The zero-order chi connectivity index (χ0) is 28.4. The minimum absolute atomic E-state index is 0.122. The van der Waals surface area contributed by atoms with E-state index >= 15 is 0 Å². The molecule has 208 valence electrons. The number of piperidine rings is 1. The van der Waals surface area contributed by atoms with Crippen LogP contribution >= 0.6 is 11.6 Å². The zero-order valence-corrected chi connectivity index (χ0v) is 23.8. The number of nitrogens with zero attached hydrogens (tertiary/aromatic N) is 5. The van der Waals surface area contributed by atoms with E-state index in [9.17, 15) is 9.90 Å². The van der Waals surface area contributed by atoms with Gasteiger partial charge in [-0.25, -0.2) is 9.50 Å². The number of Topliss-reactive ketones (excluding diaryl/α,β-unsaturated/α-hetero) is 1. The molecule has 0 spiro atoms. The number of benzene rings is 2. The average Bonchev–Trinajstić information content (AvgIpc) is 3.40. The first-order chi connectivity index (χ1) is 19.9. The summed E-state index contributed by atoms with van der Waals surface area (Å²) < 4.78 is 1.82. The summed E-state index contributed by atoms with van der Waals surface area (Å²) in [5, 5.41) is 16.7. The van der Waals surface area contributed by atoms with Gasteiger partial charge in [-0.3, -0.25) is 9.78 Å². The predicted molar refractivity (Wildman–Crippen MR) is 161 cm³/mol. The van der Waals surface area contributed by atoms with Gasteiger partial charge >= 0.3 is 0 Å². The number of carbonyl (C=O) groups excluding carboxylic acids is 1. The lowest BCUT2D eigenvalue weighted by molar-refractivity contribution is 0.0118. The first kappa shape index (κ1) is 27.1. The lowest BCUT2D eigenvalue weighted by atomic mass is 9.84. The second kappa shape index (κ2) is 11.4. The summed E-state index contributed by atoms with van der Waals surface area (Å²) in [6.07, 6.45) is 6.68. The molecule has 0 aliphatic carbocycles. The van der Waals surface area contributed by atoms with E-state index in [4.69, 9.17) is 21.7 Å². The molecular formula is C33H32ClN5O2. The second-order valence-corrected chi connectivity index (χ2v) is 11.3. The van der Waals surface area contributed by atoms with E-state index in [2.05, 4.69) is 16.0 Å². The highest BCUT2D eigenvalue weighted by molar-refractivity contribution is 6.30. The number of hydrogen-bond acceptors (Lipinski definition) is 6. The highest BCUT2D eigenvalue weighted by Crippen LogP contribution is 2.35. The van der Waals surface area contributed by atoms with Crippen molar-refractivity contribution in [3.05, 3.63) is 124 Å². The van der Waals surface area contributed by atoms with Gasteiger partial charge in [0.1, 0.15) is 0 Å². The second-order valence-electron chi connectivity index (χ2n) is 10.8. The third-order valence-corrected chi connectivity index (χ3v) is 8.20. The molecule has 1 saturated heterocycles. The lowest BCUT2D eigenvalue weighted by Gasteiger charge is -2.39. The summed E-state index contributed by atoms with van der Waals surface area (Å²) >= 11 is 6.04. The van der Waals surface area contributed by atoms with Gasteiger partial charge in [0, 0.05) is 54.6 Å². The van der Waals surface area contributed by atoms with Gasteiger partial charge in [-0.05, 0) is 73.2 Å². The van der Waals surface area contributed by atoms with Crippen LogP contribution in [0.4, 0.5) is 5.69 Å². The van der Waals surface area contributed by atoms with Crippen molar-refractivity contribution in [2.24, 2.45) is 0 Å². The minimum Gasteiger partial charge on any atom is -0.385 e. The fraction of sp³-hybridized carbons (Fsp3) is 0.273. The molecule has 41 heavy (non-hydrogen) atoms. The van der Waals surface area contributed by atoms with Crippen LogP contribution in [0.1, 0.15) is 57.8 Å². The Bertz CT molecular complexity index is 1660. The van der Waals surface area contributed by atoms with Crippen LogP contribution < -0.4 is 4.90 Å². The predicted octanol–water partition coefficient (Wildman–Crippen LogP) is 5.98. The minimum atomic E-state index is -0.865. The van der Waals surface area contributed by atoms with Crippen LogP contribution in [0.5, 0.6) is 0 Å². The molecule has 0 unspecified atom stereocenters. The summed E-state index contributed by atoms with van der Waals surface area (Å²) in [5.74, 6) is 0.843. The van der Waals surface area contributed by atoms with E-state index in [1.54, 1.807) is 0 Å². The number of pyridine rings is 2. The number of ketones is 1. The van der Waals surface area contributed by atoms with E-state index in [-0.39, 0.29) is 5.78 Å². The molecule has 0 amide bonds. The Hall–Kier alpha value is -4.07. The Morgan fingerprint density at radius 2 is 1.71 bits per heavy atom. The average molecular weight is 566 g/mol. The molecule has 1 fully saturated rings. The molecule has 1 N–H and O–H groups in total. The van der Waals surface area contributed by atoms with Crippen LogP contribution in [-0.4, -0.2) is 43.6 Å². The Labute approximate surface area is 244 Å². The molecule has 3 aromatic heterocycles. The molecule has 0 bridgehead atoms. The monoisotopic (exact) mass is 565 g/mol. The van der Waals surface area contributed by atoms with Crippen molar-refractivity contribution in [1.29, 1.82) is 0 Å². The molecular weight excluding hydrogens is 534 g/mol. The van der Waals surface area contributed by atoms with Crippen LogP contribution in [0, 0.1) is 6.92 Å². The third-order valence-electron chi connectivity index (χ3n) is 7.95. The number of halogens is 1. The molecule has 7 nitrogen and oxygen atoms in total. The number of rotatable bonds is 8. The number of aryl methyl sites for hydroxylation is 2. The van der Waals surface area contributed by atoms with E-state index in [0.29, 0.717) is 55.8 Å². The van der Waals surface area contributed by atoms with Gasteiger partial charge in [0.15, 0.2) is 17.3 Å². The maximum absolute atomic E-state index is 12.7. The van der Waals surface area contributed by atoms with E-state index < -0.39 is 5.60 Å². The summed E-state index contributed by atoms with van der Waals surface area (Å²) in [7, 11) is 0. The van der Waals surface area contributed by atoms with Gasteiger partial charge in [-0.1, -0.05) is 54.1 Å². The van der Waals surface area contributed by atoms with Crippen molar-refractivity contribution in [1.82, 2.24) is 19.6 Å². The molecule has 0 radical (unpaired) electrons. The number of hydrogen-bond donors (Lipinski definition) is 1. The van der Waals surface area contributed by atoms with Crippen molar-refractivity contribution in [2.75, 3.05) is 18.0 Å². The molecule has 2 aromatic carbocycles. The summed E-state index contributed by atoms with van der Waals surface area (Å²) in [6.45, 7) is 3.37. The maximum atomic E-state index is 12.7.